The number of aryl methyl sites for hydroxylation is 1. The van der Waals surface area contributed by atoms with Crippen LogP contribution in [0.4, 0.5) is 0 Å². The number of tetrazole rings is 1. The van der Waals surface area contributed by atoms with E-state index in [0.717, 1.165) is 0 Å². The highest BCUT2D eigenvalue weighted by atomic mass is 35.5. The van der Waals surface area contributed by atoms with Crippen LogP contribution in [0.3, 0.4) is 0 Å². The Morgan fingerprint density at radius 1 is 1.32 bits per heavy atom. The Kier molecular flexibility index (Phi) is 3.45. The molecule has 2 heterocycles. The van der Waals surface area contributed by atoms with Crippen molar-refractivity contribution in [1.29, 1.82) is 5.26 Å². The van der Waals surface area contributed by atoms with Crippen molar-refractivity contribution in [3.63, 3.8) is 0 Å². The first kappa shape index (κ1) is 14.0. The van der Waals surface area contributed by atoms with Crippen LogP contribution < -0.4 is 5.56 Å². The van der Waals surface area contributed by atoms with Crippen LogP contribution in [0, 0.1) is 18.3 Å². The van der Waals surface area contributed by atoms with Gasteiger partial charge < -0.3 is 4.98 Å². The molecule has 0 unspecified atom stereocenters. The molecule has 0 saturated heterocycles. The van der Waals surface area contributed by atoms with Crippen molar-refractivity contribution >= 4 is 11.6 Å². The van der Waals surface area contributed by atoms with Gasteiger partial charge in [0.2, 0.25) is 0 Å². The molecule has 0 atom stereocenters. The minimum atomic E-state index is -0.444. The molecule has 3 rings (SSSR count). The number of aromatic amines is 1. The van der Waals surface area contributed by atoms with Gasteiger partial charge in [-0.15, -0.1) is 5.10 Å². The highest BCUT2D eigenvalue weighted by Crippen LogP contribution is 2.30. The van der Waals surface area contributed by atoms with Crippen molar-refractivity contribution in [3.8, 4) is 22.9 Å². The number of H-pyrrole nitrogens is 1. The van der Waals surface area contributed by atoms with Crippen LogP contribution in [-0.2, 0) is 0 Å². The van der Waals surface area contributed by atoms with E-state index in [1.807, 2.05) is 6.07 Å². The predicted octanol–water partition coefficient (Wildman–Crippen LogP) is 1.85. The van der Waals surface area contributed by atoms with Gasteiger partial charge in [-0.05, 0) is 41.6 Å². The van der Waals surface area contributed by atoms with Crippen molar-refractivity contribution in [3.05, 3.63) is 57.2 Å². The Labute approximate surface area is 129 Å². The Morgan fingerprint density at radius 3 is 2.82 bits per heavy atom. The molecule has 0 saturated carbocycles. The molecule has 1 aromatic carbocycles. The van der Waals surface area contributed by atoms with Gasteiger partial charge in [0.15, 0.2) is 0 Å². The highest BCUT2D eigenvalue weighted by molar-refractivity contribution is 6.31. The van der Waals surface area contributed by atoms with Gasteiger partial charge in [-0.2, -0.15) is 9.94 Å². The first-order valence-corrected chi connectivity index (χ1v) is 6.65. The average Bonchev–Trinajstić information content (AvgIpc) is 3.00. The molecule has 0 aliphatic heterocycles. The van der Waals surface area contributed by atoms with E-state index in [4.69, 9.17) is 11.6 Å². The number of nitriles is 1. The largest absolute Gasteiger partial charge is 0.325 e. The third-order valence-electron chi connectivity index (χ3n) is 3.12. The molecular weight excluding hydrogens is 304 g/mol. The van der Waals surface area contributed by atoms with Crippen molar-refractivity contribution < 1.29 is 0 Å². The van der Waals surface area contributed by atoms with Crippen LogP contribution in [0.5, 0.6) is 0 Å². The van der Waals surface area contributed by atoms with E-state index in [-0.39, 0.29) is 5.56 Å². The van der Waals surface area contributed by atoms with Crippen LogP contribution in [0.15, 0.2) is 35.4 Å². The first-order valence-electron chi connectivity index (χ1n) is 6.27. The van der Waals surface area contributed by atoms with Gasteiger partial charge in [-0.3, -0.25) is 4.79 Å². The van der Waals surface area contributed by atoms with Crippen molar-refractivity contribution in [1.82, 2.24) is 25.2 Å². The number of aromatic nitrogens is 5. The summed E-state index contributed by atoms with van der Waals surface area (Å²) in [5.41, 5.74) is 1.92. The summed E-state index contributed by atoms with van der Waals surface area (Å²) in [4.78, 5) is 14.6. The Hall–Kier alpha value is -2.98. The van der Waals surface area contributed by atoms with E-state index in [9.17, 15) is 10.1 Å². The summed E-state index contributed by atoms with van der Waals surface area (Å²) in [7, 11) is 0. The van der Waals surface area contributed by atoms with Gasteiger partial charge in [-0.25, -0.2) is 0 Å². The number of halogens is 1. The number of hydrogen-bond acceptors (Lipinski definition) is 5. The molecule has 0 amide bonds. The number of hydrogen-bond donors (Lipinski definition) is 1. The molecule has 0 aliphatic rings. The van der Waals surface area contributed by atoms with Gasteiger partial charge in [-0.1, -0.05) is 11.6 Å². The summed E-state index contributed by atoms with van der Waals surface area (Å²) in [5, 5.41) is 20.8. The summed E-state index contributed by atoms with van der Waals surface area (Å²) in [6.07, 6.45) is 1.43. The summed E-state index contributed by atoms with van der Waals surface area (Å²) in [6.45, 7) is 1.74. The normalized spacial score (nSPS) is 10.4. The molecule has 3 aromatic rings. The molecule has 108 valence electrons. The molecule has 22 heavy (non-hydrogen) atoms. The smallest absolute Gasteiger partial charge is 0.266 e. The maximum absolute atomic E-state index is 12.0. The van der Waals surface area contributed by atoms with Gasteiger partial charge in [0.25, 0.3) is 5.56 Å². The number of nitrogens with zero attached hydrogens (tertiary/aromatic N) is 5. The predicted molar refractivity (Wildman–Crippen MR) is 79.7 cm³/mol. The topological polar surface area (TPSA) is 100 Å². The lowest BCUT2D eigenvalue weighted by Crippen LogP contribution is -2.13. The maximum atomic E-state index is 12.0. The fourth-order valence-corrected chi connectivity index (χ4v) is 2.38. The van der Waals surface area contributed by atoms with E-state index in [2.05, 4.69) is 20.5 Å². The zero-order valence-corrected chi connectivity index (χ0v) is 12.2. The summed E-state index contributed by atoms with van der Waals surface area (Å²) in [6, 6.07) is 8.75. The second-order valence-corrected chi connectivity index (χ2v) is 5.03. The molecule has 8 heteroatoms. The molecule has 0 fully saturated rings. The summed E-state index contributed by atoms with van der Waals surface area (Å²) < 4.78 is 1.45. The van der Waals surface area contributed by atoms with Crippen LogP contribution in [-0.4, -0.2) is 25.2 Å². The van der Waals surface area contributed by atoms with E-state index in [1.165, 1.54) is 11.0 Å². The highest BCUT2D eigenvalue weighted by Gasteiger charge is 2.16. The Balaban J connectivity index is 2.37. The second kappa shape index (κ2) is 5.42. The number of benzene rings is 1. The zero-order valence-electron chi connectivity index (χ0n) is 11.4. The quantitative estimate of drug-likeness (QED) is 0.778. The minimum absolute atomic E-state index is 0.0159. The molecule has 2 aromatic heterocycles. The molecule has 0 spiro atoms. The van der Waals surface area contributed by atoms with Gasteiger partial charge in [0, 0.05) is 21.8 Å². The molecule has 7 nitrogen and oxygen atoms in total. The number of nitrogens with one attached hydrogen (secondary N) is 1. The standard InChI is InChI=1S/C14H9ClN6O/c1-8-4-10(12(6-16)14(22)18-8)11-5-9(15)2-3-13(11)21-7-17-19-20-21/h2-5,7H,1H3,(H,18,22). The lowest BCUT2D eigenvalue weighted by Gasteiger charge is -2.11. The number of rotatable bonds is 2. The lowest BCUT2D eigenvalue weighted by atomic mass is 9.99. The van der Waals surface area contributed by atoms with Crippen molar-refractivity contribution in [2.75, 3.05) is 0 Å². The van der Waals surface area contributed by atoms with E-state index >= 15 is 0 Å². The van der Waals surface area contributed by atoms with Gasteiger partial charge >= 0.3 is 0 Å². The first-order chi connectivity index (χ1) is 10.6. The second-order valence-electron chi connectivity index (χ2n) is 4.60. The van der Waals surface area contributed by atoms with E-state index in [0.29, 0.717) is 27.5 Å². The maximum Gasteiger partial charge on any atom is 0.266 e. The van der Waals surface area contributed by atoms with Crippen LogP contribution >= 0.6 is 11.6 Å². The van der Waals surface area contributed by atoms with Gasteiger partial charge in [0.1, 0.15) is 18.0 Å². The van der Waals surface area contributed by atoms with Crippen LogP contribution in [0.2, 0.25) is 5.02 Å². The van der Waals surface area contributed by atoms with Crippen molar-refractivity contribution in [2.24, 2.45) is 0 Å². The Morgan fingerprint density at radius 2 is 2.14 bits per heavy atom. The molecule has 0 radical (unpaired) electrons. The summed E-state index contributed by atoms with van der Waals surface area (Å²) >= 11 is 6.07. The average molecular weight is 313 g/mol. The fourth-order valence-electron chi connectivity index (χ4n) is 2.21. The third-order valence-corrected chi connectivity index (χ3v) is 3.36. The molecule has 1 N–H and O–H groups in total. The minimum Gasteiger partial charge on any atom is -0.325 e. The zero-order chi connectivity index (χ0) is 15.7. The van der Waals surface area contributed by atoms with Crippen LogP contribution in [0.25, 0.3) is 16.8 Å². The van der Waals surface area contributed by atoms with E-state index in [1.54, 1.807) is 31.2 Å². The lowest BCUT2D eigenvalue weighted by molar-refractivity contribution is 0.790. The molecular formula is C14H9ClN6O. The van der Waals surface area contributed by atoms with Crippen molar-refractivity contribution in [2.45, 2.75) is 6.92 Å². The SMILES string of the molecule is Cc1cc(-c2cc(Cl)ccc2-n2cnnn2)c(C#N)c(=O)[nH]1. The summed E-state index contributed by atoms with van der Waals surface area (Å²) in [5.74, 6) is 0. The third kappa shape index (κ3) is 2.36. The Bertz CT molecular complexity index is 939. The van der Waals surface area contributed by atoms with Crippen LogP contribution in [0.1, 0.15) is 11.3 Å². The van der Waals surface area contributed by atoms with E-state index < -0.39 is 5.56 Å². The number of pyridine rings is 1. The monoisotopic (exact) mass is 312 g/mol. The fraction of sp³-hybridized carbons (Fsp3) is 0.0714. The molecule has 0 aliphatic carbocycles. The molecule has 0 bridgehead atoms. The van der Waals surface area contributed by atoms with Gasteiger partial charge in [0.05, 0.1) is 5.69 Å².